The Morgan fingerprint density at radius 3 is 2.52 bits per heavy atom. The highest BCUT2D eigenvalue weighted by Crippen LogP contribution is 2.16. The van der Waals surface area contributed by atoms with Gasteiger partial charge in [0.15, 0.2) is 11.2 Å². The van der Waals surface area contributed by atoms with E-state index in [4.69, 9.17) is 0 Å². The van der Waals surface area contributed by atoms with Crippen molar-refractivity contribution in [3.63, 3.8) is 0 Å². The van der Waals surface area contributed by atoms with Crippen molar-refractivity contribution in [1.29, 1.82) is 0 Å². The molecule has 3 rings (SSSR count). The highest BCUT2D eigenvalue weighted by Gasteiger charge is 2.26. The van der Waals surface area contributed by atoms with Crippen molar-refractivity contribution in [2.75, 3.05) is 26.4 Å². The summed E-state index contributed by atoms with van der Waals surface area (Å²) in [4.78, 5) is 31.3. The van der Waals surface area contributed by atoms with Gasteiger partial charge in [-0.2, -0.15) is 4.98 Å². The minimum absolute atomic E-state index is 0.00434. The average molecular weight is 446 g/mol. The molecule has 0 unspecified atom stereocenters. The molecule has 0 bridgehead atoms. The van der Waals surface area contributed by atoms with E-state index >= 15 is 0 Å². The molecule has 11 heteroatoms. The van der Waals surface area contributed by atoms with Crippen LogP contribution in [0.3, 0.4) is 0 Å². The zero-order valence-corrected chi connectivity index (χ0v) is 18.5. The molecule has 0 amide bonds. The molecular weight excluding hydrogens is 422 g/mol. The summed E-state index contributed by atoms with van der Waals surface area (Å²) in [6, 6.07) is 6.32. The maximum atomic E-state index is 12.8. The Morgan fingerprint density at radius 2 is 1.87 bits per heavy atom. The van der Waals surface area contributed by atoms with Gasteiger partial charge in [0.05, 0.1) is 12.3 Å². The Balaban J connectivity index is 2.15. The van der Waals surface area contributed by atoms with Gasteiger partial charge in [-0.05, 0) is 32.3 Å². The number of aromatic hydroxyl groups is 1. The van der Waals surface area contributed by atoms with Crippen LogP contribution >= 0.6 is 0 Å². The molecule has 0 aliphatic heterocycles. The van der Waals surface area contributed by atoms with Crippen LogP contribution < -0.4 is 11.2 Å². The second-order valence-electron chi connectivity index (χ2n) is 7.33. The molecule has 0 spiro atoms. The third kappa shape index (κ3) is 4.40. The predicted molar refractivity (Wildman–Crippen MR) is 116 cm³/mol. The van der Waals surface area contributed by atoms with E-state index in [-0.39, 0.29) is 40.9 Å². The van der Waals surface area contributed by atoms with Crippen molar-refractivity contribution < 1.29 is 13.5 Å². The van der Waals surface area contributed by atoms with Gasteiger partial charge in [0.2, 0.25) is 15.0 Å². The highest BCUT2D eigenvalue weighted by atomic mass is 32.2. The standard InChI is InChI=1S/C20H23N5O5S/c1-22(2)11-12-31(29,30)19-21-17-16(23(19)3)18(27)24(4)20(28)25(17)10-6-8-14-7-5-9-15(26)13-14/h5,7,9,13,26H,10-12H2,1-4H3. The number of hydrogen-bond donors (Lipinski definition) is 1. The predicted octanol–water partition coefficient (Wildman–Crippen LogP) is -0.474. The van der Waals surface area contributed by atoms with Crippen molar-refractivity contribution >= 4 is 21.0 Å². The maximum absolute atomic E-state index is 12.8. The second kappa shape index (κ2) is 8.41. The highest BCUT2D eigenvalue weighted by molar-refractivity contribution is 7.91. The lowest BCUT2D eigenvalue weighted by Gasteiger charge is -2.09. The number of nitrogens with zero attached hydrogens (tertiary/aromatic N) is 5. The van der Waals surface area contributed by atoms with E-state index in [9.17, 15) is 23.1 Å². The first kappa shape index (κ1) is 22.3. The number of hydrogen-bond acceptors (Lipinski definition) is 7. The van der Waals surface area contributed by atoms with Gasteiger partial charge in [0.1, 0.15) is 5.75 Å². The summed E-state index contributed by atoms with van der Waals surface area (Å²) in [7, 11) is 2.47. The van der Waals surface area contributed by atoms with Crippen LogP contribution in [0.25, 0.3) is 11.2 Å². The van der Waals surface area contributed by atoms with Crippen LogP contribution in [0, 0.1) is 11.8 Å². The van der Waals surface area contributed by atoms with Gasteiger partial charge in [0, 0.05) is 26.2 Å². The van der Waals surface area contributed by atoms with Crippen LogP contribution in [0.1, 0.15) is 5.56 Å². The van der Waals surface area contributed by atoms with Crippen molar-refractivity contribution in [3.05, 3.63) is 50.7 Å². The molecule has 10 nitrogen and oxygen atoms in total. The van der Waals surface area contributed by atoms with Gasteiger partial charge in [-0.15, -0.1) is 0 Å². The van der Waals surface area contributed by atoms with Gasteiger partial charge < -0.3 is 14.6 Å². The Hall–Kier alpha value is -3.36. The summed E-state index contributed by atoms with van der Waals surface area (Å²) in [6.45, 7) is 0.166. The Bertz CT molecular complexity index is 1430. The van der Waals surface area contributed by atoms with Gasteiger partial charge >= 0.3 is 5.69 Å². The van der Waals surface area contributed by atoms with E-state index in [1.807, 2.05) is 0 Å². The van der Waals surface area contributed by atoms with Gasteiger partial charge in [0.25, 0.3) is 5.56 Å². The van der Waals surface area contributed by atoms with E-state index in [2.05, 4.69) is 16.8 Å². The largest absolute Gasteiger partial charge is 0.508 e. The third-order valence-electron chi connectivity index (χ3n) is 4.72. The first-order chi connectivity index (χ1) is 14.5. The summed E-state index contributed by atoms with van der Waals surface area (Å²) in [5, 5.41) is 9.26. The van der Waals surface area contributed by atoms with E-state index in [0.717, 1.165) is 9.13 Å². The van der Waals surface area contributed by atoms with Crippen LogP contribution in [0.15, 0.2) is 39.0 Å². The quantitative estimate of drug-likeness (QED) is 0.527. The third-order valence-corrected chi connectivity index (χ3v) is 6.36. The van der Waals surface area contributed by atoms with Crippen molar-refractivity contribution in [2.24, 2.45) is 14.1 Å². The molecule has 2 heterocycles. The lowest BCUT2D eigenvalue weighted by molar-refractivity contribution is 0.431. The van der Waals surface area contributed by atoms with E-state index in [1.54, 1.807) is 31.1 Å². The van der Waals surface area contributed by atoms with Crippen molar-refractivity contribution in [3.8, 4) is 17.6 Å². The molecule has 164 valence electrons. The second-order valence-corrected chi connectivity index (χ2v) is 9.34. The number of benzene rings is 1. The number of phenolic OH excluding ortho intramolecular Hbond substituents is 1. The normalized spacial score (nSPS) is 11.6. The fraction of sp³-hybridized carbons (Fsp3) is 0.350. The summed E-state index contributed by atoms with van der Waals surface area (Å²) >= 11 is 0. The zero-order valence-electron chi connectivity index (χ0n) is 17.7. The first-order valence-electron chi connectivity index (χ1n) is 9.34. The lowest BCUT2D eigenvalue weighted by Crippen LogP contribution is -2.38. The maximum Gasteiger partial charge on any atom is 0.333 e. The molecule has 1 aromatic carbocycles. The fourth-order valence-electron chi connectivity index (χ4n) is 3.03. The number of fused-ring (bicyclic) bond motifs is 1. The smallest absolute Gasteiger partial charge is 0.333 e. The minimum Gasteiger partial charge on any atom is -0.508 e. The molecule has 0 saturated carbocycles. The minimum atomic E-state index is -3.79. The van der Waals surface area contributed by atoms with Crippen LogP contribution in [-0.4, -0.2) is 63.5 Å². The number of phenols is 1. The monoisotopic (exact) mass is 445 g/mol. The Labute approximate surface area is 178 Å². The number of sulfone groups is 1. The van der Waals surface area contributed by atoms with Gasteiger partial charge in [-0.1, -0.05) is 17.9 Å². The molecular formula is C20H23N5O5S. The first-order valence-corrected chi connectivity index (χ1v) is 11.0. The van der Waals surface area contributed by atoms with E-state index in [0.29, 0.717) is 5.56 Å². The van der Waals surface area contributed by atoms with Crippen LogP contribution in [0.2, 0.25) is 0 Å². The molecule has 0 fully saturated rings. The number of aromatic nitrogens is 4. The fourth-order valence-corrected chi connectivity index (χ4v) is 4.55. The molecule has 0 aliphatic carbocycles. The molecule has 31 heavy (non-hydrogen) atoms. The molecule has 0 aliphatic rings. The Kier molecular flexibility index (Phi) is 6.06. The number of rotatable bonds is 5. The molecule has 0 saturated heterocycles. The lowest BCUT2D eigenvalue weighted by atomic mass is 10.2. The summed E-state index contributed by atoms with van der Waals surface area (Å²) in [6.07, 6.45) is 0. The van der Waals surface area contributed by atoms with Gasteiger partial charge in [-0.3, -0.25) is 13.9 Å². The van der Waals surface area contributed by atoms with E-state index in [1.165, 1.54) is 30.8 Å². The van der Waals surface area contributed by atoms with Crippen LogP contribution in [0.4, 0.5) is 0 Å². The van der Waals surface area contributed by atoms with Crippen LogP contribution in [-0.2, 0) is 30.5 Å². The zero-order chi connectivity index (χ0) is 22.9. The molecule has 3 aromatic rings. The van der Waals surface area contributed by atoms with Crippen LogP contribution in [0.5, 0.6) is 5.75 Å². The number of imidazole rings is 1. The van der Waals surface area contributed by atoms with Crippen molar-refractivity contribution in [2.45, 2.75) is 11.7 Å². The number of aryl methyl sites for hydroxylation is 1. The van der Waals surface area contributed by atoms with Gasteiger partial charge in [-0.25, -0.2) is 13.2 Å². The molecule has 0 atom stereocenters. The summed E-state index contributed by atoms with van der Waals surface area (Å²) < 4.78 is 28.9. The van der Waals surface area contributed by atoms with Crippen molar-refractivity contribution in [1.82, 2.24) is 23.6 Å². The average Bonchev–Trinajstić information content (AvgIpc) is 3.05. The Morgan fingerprint density at radius 1 is 1.16 bits per heavy atom. The summed E-state index contributed by atoms with van der Waals surface area (Å²) in [5.41, 5.74) is -0.782. The SMILES string of the molecule is CN(C)CCS(=O)(=O)c1nc2c(c(=O)n(C)c(=O)n2CC#Cc2cccc(O)c2)n1C. The summed E-state index contributed by atoms with van der Waals surface area (Å²) in [5.74, 6) is 5.52. The molecule has 2 aromatic heterocycles. The molecule has 1 N–H and O–H groups in total. The topological polar surface area (TPSA) is 119 Å². The molecule has 0 radical (unpaired) electrons. The van der Waals surface area contributed by atoms with E-state index < -0.39 is 21.1 Å².